The molecule has 0 aromatic carbocycles. The van der Waals surface area contributed by atoms with E-state index < -0.39 is 10.0 Å². The summed E-state index contributed by atoms with van der Waals surface area (Å²) in [5.74, 6) is 0. The van der Waals surface area contributed by atoms with Crippen molar-refractivity contribution in [1.82, 2.24) is 9.62 Å². The van der Waals surface area contributed by atoms with E-state index >= 15 is 0 Å². The van der Waals surface area contributed by atoms with Crippen LogP contribution >= 0.6 is 0 Å². The SMILES string of the molecule is COCC1CCN1CCNS(C)(=O)=O. The van der Waals surface area contributed by atoms with Gasteiger partial charge < -0.3 is 4.74 Å². The lowest BCUT2D eigenvalue weighted by atomic mass is 10.0. The van der Waals surface area contributed by atoms with E-state index in [1.54, 1.807) is 7.11 Å². The molecule has 1 aliphatic rings. The first-order valence-corrected chi connectivity index (χ1v) is 6.59. The minimum atomic E-state index is -3.04. The number of ether oxygens (including phenoxy) is 1. The number of likely N-dealkylation sites (tertiary alicyclic amines) is 1. The Bertz CT molecular complexity index is 266. The maximum Gasteiger partial charge on any atom is 0.208 e. The van der Waals surface area contributed by atoms with E-state index in [1.807, 2.05) is 0 Å². The van der Waals surface area contributed by atoms with Crippen LogP contribution in [0.1, 0.15) is 6.42 Å². The van der Waals surface area contributed by atoms with Crippen molar-refractivity contribution in [3.8, 4) is 0 Å². The van der Waals surface area contributed by atoms with Crippen LogP contribution < -0.4 is 4.72 Å². The second-order valence-corrected chi connectivity index (χ2v) is 5.43. The average molecular weight is 222 g/mol. The Balaban J connectivity index is 2.13. The third-order valence-electron chi connectivity index (χ3n) is 2.39. The lowest BCUT2D eigenvalue weighted by Crippen LogP contribution is -2.52. The first-order chi connectivity index (χ1) is 6.53. The zero-order valence-electron chi connectivity index (χ0n) is 8.69. The predicted octanol–water partition coefficient (Wildman–Crippen LogP) is -0.744. The van der Waals surface area contributed by atoms with Crippen LogP contribution in [0.15, 0.2) is 0 Å². The van der Waals surface area contributed by atoms with E-state index in [4.69, 9.17) is 4.74 Å². The summed E-state index contributed by atoms with van der Waals surface area (Å²) >= 11 is 0. The fraction of sp³-hybridized carbons (Fsp3) is 1.00. The van der Waals surface area contributed by atoms with Crippen molar-refractivity contribution < 1.29 is 13.2 Å². The summed E-state index contributed by atoms with van der Waals surface area (Å²) < 4.78 is 29.1. The van der Waals surface area contributed by atoms with Crippen molar-refractivity contribution in [1.29, 1.82) is 0 Å². The lowest BCUT2D eigenvalue weighted by molar-refractivity contribution is 0.0256. The van der Waals surface area contributed by atoms with Crippen LogP contribution in [0.5, 0.6) is 0 Å². The van der Waals surface area contributed by atoms with Crippen molar-refractivity contribution in [2.24, 2.45) is 0 Å². The monoisotopic (exact) mass is 222 g/mol. The molecule has 0 saturated carbocycles. The van der Waals surface area contributed by atoms with Crippen LogP contribution in [0.2, 0.25) is 0 Å². The van der Waals surface area contributed by atoms with Gasteiger partial charge in [0.15, 0.2) is 0 Å². The molecule has 1 aliphatic heterocycles. The molecule has 1 saturated heterocycles. The van der Waals surface area contributed by atoms with E-state index in [1.165, 1.54) is 6.26 Å². The van der Waals surface area contributed by atoms with E-state index in [9.17, 15) is 8.42 Å². The van der Waals surface area contributed by atoms with Gasteiger partial charge in [-0.05, 0) is 6.42 Å². The minimum Gasteiger partial charge on any atom is -0.383 e. The van der Waals surface area contributed by atoms with Crippen molar-refractivity contribution in [3.05, 3.63) is 0 Å². The summed E-state index contributed by atoms with van der Waals surface area (Å²) in [6.07, 6.45) is 2.32. The normalized spacial score (nSPS) is 23.4. The second kappa shape index (κ2) is 5.06. The fourth-order valence-electron chi connectivity index (χ4n) is 1.54. The highest BCUT2D eigenvalue weighted by Gasteiger charge is 2.26. The van der Waals surface area contributed by atoms with Gasteiger partial charge in [0.2, 0.25) is 10.0 Å². The second-order valence-electron chi connectivity index (χ2n) is 3.60. The third-order valence-corrected chi connectivity index (χ3v) is 3.12. The van der Waals surface area contributed by atoms with E-state index in [0.717, 1.165) is 26.1 Å². The summed E-state index contributed by atoms with van der Waals surface area (Å²) in [5.41, 5.74) is 0. The van der Waals surface area contributed by atoms with Gasteiger partial charge in [-0.15, -0.1) is 0 Å². The van der Waals surface area contributed by atoms with Crippen molar-refractivity contribution in [2.45, 2.75) is 12.5 Å². The Labute approximate surface area is 85.5 Å². The van der Waals surface area contributed by atoms with Gasteiger partial charge in [-0.2, -0.15) is 0 Å². The Hall–Kier alpha value is -0.170. The topological polar surface area (TPSA) is 58.6 Å². The van der Waals surface area contributed by atoms with Gasteiger partial charge in [-0.1, -0.05) is 0 Å². The number of nitrogens with one attached hydrogen (secondary N) is 1. The molecule has 1 rings (SSSR count). The first-order valence-electron chi connectivity index (χ1n) is 4.70. The molecule has 0 spiro atoms. The molecule has 0 aliphatic carbocycles. The molecule has 0 aromatic rings. The molecule has 14 heavy (non-hydrogen) atoms. The summed E-state index contributed by atoms with van der Waals surface area (Å²) in [6, 6.07) is 0.473. The van der Waals surface area contributed by atoms with Gasteiger partial charge in [-0.25, -0.2) is 13.1 Å². The maximum atomic E-state index is 10.8. The molecule has 0 radical (unpaired) electrons. The van der Waals surface area contributed by atoms with E-state index in [0.29, 0.717) is 12.6 Å². The number of methoxy groups -OCH3 is 1. The zero-order valence-corrected chi connectivity index (χ0v) is 9.51. The van der Waals surface area contributed by atoms with E-state index in [-0.39, 0.29) is 0 Å². The minimum absolute atomic E-state index is 0.473. The number of sulfonamides is 1. The fourth-order valence-corrected chi connectivity index (χ4v) is 2.01. The molecular formula is C8H18N2O3S. The highest BCUT2D eigenvalue weighted by molar-refractivity contribution is 7.88. The third kappa shape index (κ3) is 3.91. The molecular weight excluding hydrogens is 204 g/mol. The molecule has 1 N–H and O–H groups in total. The number of hydrogen-bond donors (Lipinski definition) is 1. The van der Waals surface area contributed by atoms with Crippen LogP contribution in [-0.2, 0) is 14.8 Å². The number of hydrogen-bond acceptors (Lipinski definition) is 4. The average Bonchev–Trinajstić information content (AvgIpc) is 2.04. The molecule has 1 fully saturated rings. The Morgan fingerprint density at radius 3 is 2.71 bits per heavy atom. The molecule has 0 aromatic heterocycles. The molecule has 84 valence electrons. The van der Waals surface area contributed by atoms with Crippen LogP contribution in [0, 0.1) is 0 Å². The summed E-state index contributed by atoms with van der Waals surface area (Å²) in [5, 5.41) is 0. The summed E-state index contributed by atoms with van der Waals surface area (Å²) in [7, 11) is -1.36. The smallest absolute Gasteiger partial charge is 0.208 e. The summed E-state index contributed by atoms with van der Waals surface area (Å²) in [4.78, 5) is 2.22. The molecule has 1 unspecified atom stereocenters. The first kappa shape index (κ1) is 11.9. The molecule has 1 heterocycles. The standard InChI is InChI=1S/C8H18N2O3S/c1-13-7-8-3-5-10(8)6-4-9-14(2,11)12/h8-9H,3-7H2,1-2H3. The number of nitrogens with zero attached hydrogens (tertiary/aromatic N) is 1. The van der Waals surface area contributed by atoms with Gasteiger partial charge in [0, 0.05) is 32.8 Å². The van der Waals surface area contributed by atoms with Gasteiger partial charge in [0.25, 0.3) is 0 Å². The molecule has 0 amide bonds. The summed E-state index contributed by atoms with van der Waals surface area (Å²) in [6.45, 7) is 3.03. The molecule has 1 atom stereocenters. The zero-order chi connectivity index (χ0) is 10.6. The van der Waals surface area contributed by atoms with Crippen molar-refractivity contribution >= 4 is 10.0 Å². The Morgan fingerprint density at radius 2 is 2.29 bits per heavy atom. The number of rotatable bonds is 6. The molecule has 5 nitrogen and oxygen atoms in total. The van der Waals surface area contributed by atoms with E-state index in [2.05, 4.69) is 9.62 Å². The lowest BCUT2D eigenvalue weighted by Gasteiger charge is -2.40. The highest BCUT2D eigenvalue weighted by Crippen LogP contribution is 2.15. The Morgan fingerprint density at radius 1 is 1.57 bits per heavy atom. The molecule has 0 bridgehead atoms. The van der Waals surface area contributed by atoms with Crippen LogP contribution in [-0.4, -0.2) is 59.0 Å². The van der Waals surface area contributed by atoms with Gasteiger partial charge in [-0.3, -0.25) is 4.90 Å². The van der Waals surface area contributed by atoms with Crippen molar-refractivity contribution in [2.75, 3.05) is 39.6 Å². The van der Waals surface area contributed by atoms with Gasteiger partial charge in [0.1, 0.15) is 0 Å². The van der Waals surface area contributed by atoms with Crippen molar-refractivity contribution in [3.63, 3.8) is 0 Å². The van der Waals surface area contributed by atoms with Crippen LogP contribution in [0.4, 0.5) is 0 Å². The van der Waals surface area contributed by atoms with Crippen LogP contribution in [0.3, 0.4) is 0 Å². The molecule has 6 heteroatoms. The highest BCUT2D eigenvalue weighted by atomic mass is 32.2. The quantitative estimate of drug-likeness (QED) is 0.643. The predicted molar refractivity (Wildman–Crippen MR) is 54.7 cm³/mol. The van der Waals surface area contributed by atoms with Gasteiger partial charge in [0.05, 0.1) is 12.9 Å². The maximum absolute atomic E-state index is 10.8. The van der Waals surface area contributed by atoms with Crippen LogP contribution in [0.25, 0.3) is 0 Å². The Kier molecular flexibility index (Phi) is 4.31. The van der Waals surface area contributed by atoms with Gasteiger partial charge >= 0.3 is 0 Å². The largest absolute Gasteiger partial charge is 0.383 e.